The Hall–Kier alpha value is -3.18. The first kappa shape index (κ1) is 29.1. The molecule has 1 aliphatic heterocycles. The van der Waals surface area contributed by atoms with E-state index in [0.29, 0.717) is 6.42 Å². The molecule has 0 aromatic carbocycles. The quantitative estimate of drug-likeness (QED) is 0.306. The first-order chi connectivity index (χ1) is 16.6. The van der Waals surface area contributed by atoms with Gasteiger partial charge < -0.3 is 31.5 Å². The molecule has 0 spiro atoms. The Kier molecular flexibility index (Phi) is 9.44. The highest BCUT2D eigenvalue weighted by Gasteiger charge is 2.45. The van der Waals surface area contributed by atoms with E-state index in [9.17, 15) is 28.8 Å². The van der Waals surface area contributed by atoms with Crippen molar-refractivity contribution in [3.63, 3.8) is 0 Å². The van der Waals surface area contributed by atoms with E-state index < -0.39 is 53.1 Å². The van der Waals surface area contributed by atoms with Gasteiger partial charge in [0.1, 0.15) is 12.1 Å². The molecule has 12 heteroatoms. The van der Waals surface area contributed by atoms with Gasteiger partial charge in [0.05, 0.1) is 12.6 Å². The molecule has 1 heterocycles. The Balaban J connectivity index is 2.07. The molecule has 1 saturated carbocycles. The number of hydrogen-bond acceptors (Lipinski definition) is 6. The molecule has 1 saturated heterocycles. The summed E-state index contributed by atoms with van der Waals surface area (Å²) in [5.74, 6) is -3.53. The first-order valence-corrected chi connectivity index (χ1v) is 12.4. The minimum absolute atomic E-state index is 0.193. The van der Waals surface area contributed by atoms with Crippen LogP contribution in [0.15, 0.2) is 0 Å². The van der Waals surface area contributed by atoms with E-state index in [1.54, 1.807) is 32.7 Å². The fourth-order valence-corrected chi connectivity index (χ4v) is 4.43. The first-order valence-electron chi connectivity index (χ1n) is 12.4. The fraction of sp³-hybridized carbons (Fsp3) is 0.750. The monoisotopic (exact) mass is 508 g/mol. The van der Waals surface area contributed by atoms with Crippen LogP contribution in [0, 0.1) is 11.3 Å². The maximum Gasteiger partial charge on any atom is 0.315 e. The summed E-state index contributed by atoms with van der Waals surface area (Å²) in [5, 5.41) is 7.68. The van der Waals surface area contributed by atoms with Gasteiger partial charge in [0.2, 0.25) is 23.5 Å². The summed E-state index contributed by atoms with van der Waals surface area (Å²) >= 11 is 0. The number of Topliss-reactive ketones (excluding diaryl/α,β-unsaturated/α-hetero) is 1. The number of rotatable bonds is 9. The molecular formula is C24H40N6O6. The molecule has 2 fully saturated rings. The Morgan fingerprint density at radius 2 is 1.67 bits per heavy atom. The van der Waals surface area contributed by atoms with E-state index >= 15 is 0 Å². The van der Waals surface area contributed by atoms with Gasteiger partial charge in [-0.15, -0.1) is 0 Å². The van der Waals surface area contributed by atoms with E-state index in [1.165, 1.54) is 11.8 Å². The van der Waals surface area contributed by atoms with Gasteiger partial charge in [-0.1, -0.05) is 27.7 Å². The number of likely N-dealkylation sites (tertiary alicyclic amines) is 1. The predicted octanol–water partition coefficient (Wildman–Crippen LogP) is -0.493. The summed E-state index contributed by atoms with van der Waals surface area (Å²) < 4.78 is 0. The van der Waals surface area contributed by atoms with E-state index in [1.807, 2.05) is 6.92 Å². The van der Waals surface area contributed by atoms with E-state index in [2.05, 4.69) is 16.0 Å². The Bertz CT molecular complexity index is 896. The van der Waals surface area contributed by atoms with Gasteiger partial charge >= 0.3 is 6.03 Å². The highest BCUT2D eigenvalue weighted by atomic mass is 16.2. The average molecular weight is 509 g/mol. The number of hydrogen-bond donors (Lipinski definition) is 4. The molecule has 6 amide bonds. The fourth-order valence-electron chi connectivity index (χ4n) is 4.43. The van der Waals surface area contributed by atoms with Crippen LogP contribution in [0.2, 0.25) is 0 Å². The number of primary amides is 1. The number of nitrogens with zero attached hydrogens (tertiary/aromatic N) is 2. The number of ketones is 1. The van der Waals surface area contributed by atoms with Crippen molar-refractivity contribution in [2.75, 3.05) is 20.1 Å². The number of likely N-dealkylation sites (N-methyl/N-ethyl adjacent to an activating group) is 1. The second-order valence-electron chi connectivity index (χ2n) is 10.9. The Labute approximate surface area is 212 Å². The van der Waals surface area contributed by atoms with Crippen LogP contribution in [-0.2, 0) is 24.0 Å². The highest BCUT2D eigenvalue weighted by Crippen LogP contribution is 2.29. The van der Waals surface area contributed by atoms with Crippen LogP contribution in [0.3, 0.4) is 0 Å². The van der Waals surface area contributed by atoms with E-state index in [4.69, 9.17) is 5.73 Å². The topological polar surface area (TPSA) is 171 Å². The predicted molar refractivity (Wildman–Crippen MR) is 131 cm³/mol. The molecule has 202 valence electrons. The highest BCUT2D eigenvalue weighted by molar-refractivity contribution is 6.37. The zero-order valence-electron chi connectivity index (χ0n) is 22.1. The maximum atomic E-state index is 13.6. The molecule has 12 nitrogen and oxygen atoms in total. The van der Waals surface area contributed by atoms with Crippen LogP contribution >= 0.6 is 0 Å². The third kappa shape index (κ3) is 6.94. The van der Waals surface area contributed by atoms with Crippen molar-refractivity contribution in [3.05, 3.63) is 0 Å². The van der Waals surface area contributed by atoms with Gasteiger partial charge in [0.25, 0.3) is 5.91 Å². The zero-order valence-corrected chi connectivity index (χ0v) is 22.1. The van der Waals surface area contributed by atoms with E-state index in [0.717, 1.165) is 19.3 Å². The maximum absolute atomic E-state index is 13.6. The summed E-state index contributed by atoms with van der Waals surface area (Å²) in [6.45, 7) is 8.62. The lowest BCUT2D eigenvalue weighted by atomic mass is 9.85. The molecule has 2 aliphatic rings. The van der Waals surface area contributed by atoms with Crippen LogP contribution in [0.5, 0.6) is 0 Å². The summed E-state index contributed by atoms with van der Waals surface area (Å²) in [6.07, 6.45) is 3.54. The molecule has 1 aliphatic carbocycles. The van der Waals surface area contributed by atoms with E-state index in [-0.39, 0.29) is 31.0 Å². The molecule has 0 bridgehead atoms. The lowest BCUT2D eigenvalue weighted by Crippen LogP contribution is -2.60. The van der Waals surface area contributed by atoms with Crippen LogP contribution in [0.4, 0.5) is 4.79 Å². The second-order valence-corrected chi connectivity index (χ2v) is 10.9. The Morgan fingerprint density at radius 1 is 1.06 bits per heavy atom. The smallest absolute Gasteiger partial charge is 0.315 e. The largest absolute Gasteiger partial charge is 0.363 e. The number of carbonyl (C=O) groups is 6. The Morgan fingerprint density at radius 3 is 2.17 bits per heavy atom. The lowest BCUT2D eigenvalue weighted by molar-refractivity contribution is -0.143. The van der Waals surface area contributed by atoms with Crippen molar-refractivity contribution in [1.29, 1.82) is 0 Å². The zero-order chi connectivity index (χ0) is 27.4. The standard InChI is InChI=1S/C24H40N6O6/c1-13-10-11-30(17(13)21(34)27-14(2)18(32)20(25)33)22(35)19(24(3,4)5)28-23(36)26-12-16(31)29(6)15-8-7-9-15/h13-15,17,19H,7-12H2,1-6H3,(H2,25,33)(H,27,34)(H2,26,28,36)/t13?,14?,17-,19?/m0/s1. The molecule has 4 atom stereocenters. The number of nitrogens with two attached hydrogens (primary N) is 1. The minimum atomic E-state index is -1.16. The molecule has 0 aromatic rings. The van der Waals surface area contributed by atoms with Gasteiger partial charge in [-0.25, -0.2) is 4.79 Å². The normalized spacial score (nSPS) is 21.6. The van der Waals surface area contributed by atoms with Crippen molar-refractivity contribution in [2.45, 2.75) is 84.5 Å². The van der Waals surface area contributed by atoms with Gasteiger partial charge in [-0.2, -0.15) is 0 Å². The molecular weight excluding hydrogens is 468 g/mol. The summed E-state index contributed by atoms with van der Waals surface area (Å²) in [6, 6.07) is -3.45. The molecule has 5 N–H and O–H groups in total. The van der Waals surface area contributed by atoms with Crippen molar-refractivity contribution in [1.82, 2.24) is 25.8 Å². The van der Waals surface area contributed by atoms with Crippen LogP contribution in [0.25, 0.3) is 0 Å². The third-order valence-corrected chi connectivity index (χ3v) is 7.05. The minimum Gasteiger partial charge on any atom is -0.363 e. The number of nitrogens with one attached hydrogen (secondary N) is 3. The van der Waals surface area contributed by atoms with Gasteiger partial charge in [-0.05, 0) is 43.9 Å². The number of carbonyl (C=O) groups excluding carboxylic acids is 6. The molecule has 2 rings (SSSR count). The summed E-state index contributed by atoms with van der Waals surface area (Å²) in [4.78, 5) is 77.5. The average Bonchev–Trinajstić information content (AvgIpc) is 3.13. The summed E-state index contributed by atoms with van der Waals surface area (Å²) in [5.41, 5.74) is 4.31. The summed E-state index contributed by atoms with van der Waals surface area (Å²) in [7, 11) is 1.71. The van der Waals surface area contributed by atoms with Gasteiger partial charge in [0, 0.05) is 19.6 Å². The van der Waals surface area contributed by atoms with Crippen LogP contribution in [0.1, 0.15) is 60.3 Å². The third-order valence-electron chi connectivity index (χ3n) is 7.05. The number of amides is 6. The lowest BCUT2D eigenvalue weighted by Gasteiger charge is -2.36. The number of urea groups is 1. The molecule has 3 unspecified atom stereocenters. The van der Waals surface area contributed by atoms with Gasteiger partial charge in [0.15, 0.2) is 0 Å². The second kappa shape index (κ2) is 11.7. The SMILES string of the molecule is CC(NC(=O)[C@@H]1C(C)CCN1C(=O)C(NC(=O)NCC(=O)N(C)C1CCC1)C(C)(C)C)C(=O)C(N)=O. The molecule has 0 radical (unpaired) electrons. The van der Waals surface area contributed by atoms with Crippen molar-refractivity contribution in [2.24, 2.45) is 17.1 Å². The van der Waals surface area contributed by atoms with Gasteiger partial charge in [-0.3, -0.25) is 24.0 Å². The van der Waals surface area contributed by atoms with Crippen molar-refractivity contribution in [3.8, 4) is 0 Å². The molecule has 0 aromatic heterocycles. The van der Waals surface area contributed by atoms with Crippen LogP contribution in [-0.4, -0.2) is 89.5 Å². The molecule has 36 heavy (non-hydrogen) atoms. The van der Waals surface area contributed by atoms with Crippen LogP contribution < -0.4 is 21.7 Å². The van der Waals surface area contributed by atoms with Crippen molar-refractivity contribution >= 4 is 35.4 Å². The van der Waals surface area contributed by atoms with Crippen molar-refractivity contribution < 1.29 is 28.8 Å².